The van der Waals surface area contributed by atoms with Crippen molar-refractivity contribution in [2.45, 2.75) is 32.7 Å². The number of carboxylic acid groups (broad SMARTS) is 1. The topological polar surface area (TPSA) is 102 Å². The van der Waals surface area contributed by atoms with Crippen LogP contribution in [0.5, 0.6) is 0 Å². The van der Waals surface area contributed by atoms with Crippen molar-refractivity contribution in [3.8, 4) is 0 Å². The number of benzene rings is 3. The summed E-state index contributed by atoms with van der Waals surface area (Å²) in [6.45, 7) is 1.96. The largest absolute Gasteiger partial charge is 0.481 e. The van der Waals surface area contributed by atoms with E-state index in [1.807, 2.05) is 91.0 Å². The van der Waals surface area contributed by atoms with Crippen LogP contribution in [0.3, 0.4) is 0 Å². The zero-order valence-corrected chi connectivity index (χ0v) is 20.0. The normalized spacial score (nSPS) is 9.66. The summed E-state index contributed by atoms with van der Waals surface area (Å²) in [5.41, 5.74) is 3.16. The molecule has 3 rings (SSSR count). The summed E-state index contributed by atoms with van der Waals surface area (Å²) in [4.78, 5) is 21.7. The second-order valence-corrected chi connectivity index (χ2v) is 7.12. The van der Waals surface area contributed by atoms with E-state index in [0.717, 1.165) is 23.8 Å². The van der Waals surface area contributed by atoms with Gasteiger partial charge in [0.1, 0.15) is 6.61 Å². The van der Waals surface area contributed by atoms with Gasteiger partial charge in [-0.1, -0.05) is 91.0 Å². The molecule has 0 aromatic heterocycles. The van der Waals surface area contributed by atoms with Crippen LogP contribution in [0.4, 0.5) is 0 Å². The monoisotopic (exact) mass is 482 g/mol. The first kappa shape index (κ1) is 29.5. The summed E-state index contributed by atoms with van der Waals surface area (Å²) < 4.78 is 15.8. The molecule has 35 heavy (non-hydrogen) atoms. The van der Waals surface area contributed by atoms with Crippen molar-refractivity contribution >= 4 is 11.9 Å². The number of rotatable bonds is 12. The maximum atomic E-state index is 11.5. The Morgan fingerprint density at radius 1 is 0.600 bits per heavy atom. The van der Waals surface area contributed by atoms with Crippen LogP contribution in [0.2, 0.25) is 0 Å². The van der Waals surface area contributed by atoms with Crippen LogP contribution in [0.25, 0.3) is 0 Å². The molecule has 0 saturated carbocycles. The molecule has 0 aliphatic rings. The Bertz CT molecular complexity index is 916. The van der Waals surface area contributed by atoms with E-state index in [9.17, 15) is 9.59 Å². The van der Waals surface area contributed by atoms with Gasteiger partial charge in [0.25, 0.3) is 0 Å². The molecule has 0 bridgehead atoms. The third-order valence-corrected chi connectivity index (χ3v) is 4.38. The number of aliphatic carboxylic acids is 1. The van der Waals surface area contributed by atoms with Gasteiger partial charge < -0.3 is 24.4 Å². The van der Waals surface area contributed by atoms with Crippen molar-refractivity contribution in [1.82, 2.24) is 0 Å². The van der Waals surface area contributed by atoms with E-state index in [1.165, 1.54) is 0 Å². The number of aliphatic hydroxyl groups is 1. The van der Waals surface area contributed by atoms with E-state index in [1.54, 1.807) is 0 Å². The van der Waals surface area contributed by atoms with Gasteiger partial charge in [0, 0.05) is 7.11 Å². The number of ether oxygens (including phenoxy) is 3. The van der Waals surface area contributed by atoms with Crippen LogP contribution in [0.15, 0.2) is 91.0 Å². The highest BCUT2D eigenvalue weighted by Gasteiger charge is 2.03. The van der Waals surface area contributed by atoms with Gasteiger partial charge in [0.05, 0.1) is 39.3 Å². The average Bonchev–Trinajstić information content (AvgIpc) is 2.91. The molecule has 0 spiro atoms. The number of hydrogen-bond acceptors (Lipinski definition) is 6. The Balaban J connectivity index is 0.000000354. The van der Waals surface area contributed by atoms with Gasteiger partial charge in [0.15, 0.2) is 0 Å². The molecule has 2 N–H and O–H groups in total. The molecule has 7 heteroatoms. The standard InChI is InChI=1S/C17H18O3.C10H12O3.CH4O/c18-17(20-14-16-9-5-2-6-10-16)11-12-19-13-15-7-3-1-4-8-15;11-10(12)6-7-13-8-9-4-2-1-3-5-9;1-2/h1-10H,11-14H2;1-5H,6-8H2,(H,11,12);2H,1H3. The average molecular weight is 483 g/mol. The lowest BCUT2D eigenvalue weighted by Crippen LogP contribution is -2.08. The molecule has 0 unspecified atom stereocenters. The second kappa shape index (κ2) is 19.9. The Morgan fingerprint density at radius 3 is 1.37 bits per heavy atom. The van der Waals surface area contributed by atoms with E-state index in [2.05, 4.69) is 0 Å². The summed E-state index contributed by atoms with van der Waals surface area (Å²) in [6.07, 6.45) is 0.340. The number of carbonyl (C=O) groups is 2. The molecule has 0 saturated heterocycles. The SMILES string of the molecule is CO.O=C(CCOCc1ccccc1)OCc1ccccc1.O=C(O)CCOCc1ccccc1. The molecular weight excluding hydrogens is 448 g/mol. The molecule has 0 amide bonds. The quantitative estimate of drug-likeness (QED) is 0.287. The van der Waals surface area contributed by atoms with Crippen molar-refractivity contribution in [2.24, 2.45) is 0 Å². The predicted octanol–water partition coefficient (Wildman–Crippen LogP) is 4.62. The fraction of sp³-hybridized carbons (Fsp3) is 0.286. The molecule has 0 aliphatic heterocycles. The van der Waals surface area contributed by atoms with Gasteiger partial charge >= 0.3 is 11.9 Å². The molecule has 188 valence electrons. The van der Waals surface area contributed by atoms with E-state index < -0.39 is 5.97 Å². The lowest BCUT2D eigenvalue weighted by atomic mass is 10.2. The number of carbonyl (C=O) groups excluding carboxylic acids is 1. The Labute approximate surface area is 206 Å². The maximum Gasteiger partial charge on any atom is 0.308 e. The van der Waals surface area contributed by atoms with Gasteiger partial charge in [-0.05, 0) is 16.7 Å². The lowest BCUT2D eigenvalue weighted by Gasteiger charge is -2.06. The van der Waals surface area contributed by atoms with Gasteiger partial charge in [-0.3, -0.25) is 9.59 Å². The molecular formula is C28H34O7. The van der Waals surface area contributed by atoms with Gasteiger partial charge in [-0.25, -0.2) is 0 Å². The summed E-state index contributed by atoms with van der Waals surface area (Å²) >= 11 is 0. The first-order valence-electron chi connectivity index (χ1n) is 11.2. The third kappa shape index (κ3) is 15.9. The second-order valence-electron chi connectivity index (χ2n) is 7.12. The van der Waals surface area contributed by atoms with Crippen molar-refractivity contribution < 1.29 is 34.0 Å². The number of carboxylic acids is 1. The number of esters is 1. The molecule has 0 radical (unpaired) electrons. The molecule has 0 fully saturated rings. The van der Waals surface area contributed by atoms with Crippen LogP contribution in [0, 0.1) is 0 Å². The van der Waals surface area contributed by atoms with Gasteiger partial charge in [-0.15, -0.1) is 0 Å². The molecule has 7 nitrogen and oxygen atoms in total. The Kier molecular flexibility index (Phi) is 16.8. The van der Waals surface area contributed by atoms with E-state index in [-0.39, 0.29) is 25.4 Å². The minimum Gasteiger partial charge on any atom is -0.481 e. The van der Waals surface area contributed by atoms with Crippen molar-refractivity contribution in [3.05, 3.63) is 108 Å². The molecule has 3 aromatic rings. The first-order chi connectivity index (χ1) is 17.1. The number of aliphatic hydroxyl groups excluding tert-OH is 1. The Morgan fingerprint density at radius 2 is 0.971 bits per heavy atom. The Hall–Kier alpha value is -3.52. The molecule has 0 aliphatic carbocycles. The van der Waals surface area contributed by atoms with E-state index in [0.29, 0.717) is 26.4 Å². The zero-order chi connectivity index (χ0) is 25.6. The third-order valence-electron chi connectivity index (χ3n) is 4.38. The van der Waals surface area contributed by atoms with Gasteiger partial charge in [-0.2, -0.15) is 0 Å². The fourth-order valence-corrected chi connectivity index (χ4v) is 2.65. The highest BCUT2D eigenvalue weighted by atomic mass is 16.5. The van der Waals surface area contributed by atoms with Crippen LogP contribution < -0.4 is 0 Å². The number of hydrogen-bond donors (Lipinski definition) is 2. The molecule has 3 aromatic carbocycles. The van der Waals surface area contributed by atoms with Crippen molar-refractivity contribution in [1.29, 1.82) is 0 Å². The summed E-state index contributed by atoms with van der Waals surface area (Å²) in [6, 6.07) is 29.2. The van der Waals surface area contributed by atoms with Crippen molar-refractivity contribution in [3.63, 3.8) is 0 Å². The highest BCUT2D eigenvalue weighted by Crippen LogP contribution is 2.04. The summed E-state index contributed by atoms with van der Waals surface area (Å²) in [5.74, 6) is -1.06. The maximum absolute atomic E-state index is 11.5. The van der Waals surface area contributed by atoms with Crippen LogP contribution in [-0.2, 0) is 43.6 Å². The minimum atomic E-state index is -0.826. The zero-order valence-electron chi connectivity index (χ0n) is 20.0. The minimum absolute atomic E-state index is 0.0623. The van der Waals surface area contributed by atoms with Crippen molar-refractivity contribution in [2.75, 3.05) is 20.3 Å². The summed E-state index contributed by atoms with van der Waals surface area (Å²) in [7, 11) is 1.00. The predicted molar refractivity (Wildman–Crippen MR) is 133 cm³/mol. The molecule has 0 atom stereocenters. The smallest absolute Gasteiger partial charge is 0.308 e. The van der Waals surface area contributed by atoms with Crippen LogP contribution in [0.1, 0.15) is 29.5 Å². The first-order valence-corrected chi connectivity index (χ1v) is 11.2. The highest BCUT2D eigenvalue weighted by molar-refractivity contribution is 5.69. The van der Waals surface area contributed by atoms with Gasteiger partial charge in [0.2, 0.25) is 0 Å². The molecule has 0 heterocycles. The fourth-order valence-electron chi connectivity index (χ4n) is 2.65. The van der Waals surface area contributed by atoms with E-state index >= 15 is 0 Å². The summed E-state index contributed by atoms with van der Waals surface area (Å²) in [5, 5.41) is 15.3. The van der Waals surface area contributed by atoms with E-state index in [4.69, 9.17) is 24.4 Å². The van der Waals surface area contributed by atoms with Crippen LogP contribution >= 0.6 is 0 Å². The van der Waals surface area contributed by atoms with Crippen LogP contribution in [-0.4, -0.2) is 42.5 Å². The lowest BCUT2D eigenvalue weighted by molar-refractivity contribution is -0.146.